The predicted octanol–water partition coefficient (Wildman–Crippen LogP) is 0.956. The van der Waals surface area contributed by atoms with E-state index in [9.17, 15) is 25.9 Å². The van der Waals surface area contributed by atoms with Crippen molar-refractivity contribution in [2.75, 3.05) is 0 Å². The summed E-state index contributed by atoms with van der Waals surface area (Å²) in [6.07, 6.45) is 0. The van der Waals surface area contributed by atoms with Crippen LogP contribution in [0.25, 0.3) is 10.8 Å². The van der Waals surface area contributed by atoms with Crippen LogP contribution in [0.1, 0.15) is 5.56 Å². The normalized spacial score (nSPS) is 12.8. The second-order valence-corrected chi connectivity index (χ2v) is 6.78. The van der Waals surface area contributed by atoms with Crippen molar-refractivity contribution in [1.29, 1.82) is 0 Å². The minimum Gasteiger partial charge on any atom is -0.744 e. The summed E-state index contributed by atoms with van der Waals surface area (Å²) in [5.74, 6) is 0. The predicted molar refractivity (Wildman–Crippen MR) is 64.6 cm³/mol. The summed E-state index contributed by atoms with van der Waals surface area (Å²) in [6, 6.07) is 6.14. The Bertz CT molecular complexity index is 865. The van der Waals surface area contributed by atoms with E-state index in [-0.39, 0.29) is 10.8 Å². The van der Waals surface area contributed by atoms with Gasteiger partial charge in [0.2, 0.25) is 0 Å². The molecule has 0 spiro atoms. The Morgan fingerprint density at radius 2 is 1.53 bits per heavy atom. The average Bonchev–Trinajstić information content (AvgIpc) is 2.24. The maximum atomic E-state index is 11.2. The first-order valence-corrected chi connectivity index (χ1v) is 7.87. The van der Waals surface area contributed by atoms with Gasteiger partial charge in [-0.3, -0.25) is 0 Å². The molecule has 0 N–H and O–H groups in total. The molecule has 0 unspecified atom stereocenters. The van der Waals surface area contributed by atoms with Crippen LogP contribution in [0.4, 0.5) is 0 Å². The van der Waals surface area contributed by atoms with Crippen molar-refractivity contribution in [1.82, 2.24) is 0 Å². The largest absolute Gasteiger partial charge is 0.744 e. The Morgan fingerprint density at radius 3 is 2.05 bits per heavy atom. The van der Waals surface area contributed by atoms with Crippen molar-refractivity contribution < 1.29 is 25.9 Å². The summed E-state index contributed by atoms with van der Waals surface area (Å²) in [7, 11) is -9.72. The van der Waals surface area contributed by atoms with Gasteiger partial charge >= 0.3 is 0 Å². The zero-order valence-electron chi connectivity index (χ0n) is 9.65. The molecule has 2 aromatic rings. The van der Waals surface area contributed by atoms with Crippen LogP contribution in [-0.4, -0.2) is 25.9 Å². The maximum Gasteiger partial charge on any atom is 0.125 e. The van der Waals surface area contributed by atoms with Gasteiger partial charge in [0, 0.05) is 0 Å². The molecule has 0 bridgehead atoms. The standard InChI is InChI=1S/C11H10O6S2/c1-7-2-3-10-8(4-7)5-9(18(12,13)14)6-11(10)19(15,16)17/h2-6H,1H3,(H,12,13,14)(H,15,16,17)/p-2. The number of fused-ring (bicyclic) bond motifs is 1. The SMILES string of the molecule is Cc1ccc2c(S(=O)(=O)[O-])cc(S(=O)(=O)[O-])cc2c1. The summed E-state index contributed by atoms with van der Waals surface area (Å²) in [4.78, 5) is -1.44. The van der Waals surface area contributed by atoms with Gasteiger partial charge in [-0.05, 0) is 29.8 Å². The van der Waals surface area contributed by atoms with Crippen LogP contribution in [0.15, 0.2) is 40.1 Å². The van der Waals surface area contributed by atoms with E-state index in [1.165, 1.54) is 12.1 Å². The number of benzene rings is 2. The molecule has 0 radical (unpaired) electrons. The zero-order chi connectivity index (χ0) is 14.4. The van der Waals surface area contributed by atoms with Crippen LogP contribution in [0, 0.1) is 6.92 Å². The number of hydrogen-bond donors (Lipinski definition) is 0. The quantitative estimate of drug-likeness (QED) is 0.763. The van der Waals surface area contributed by atoms with Crippen molar-refractivity contribution in [3.63, 3.8) is 0 Å². The molecule has 0 aromatic heterocycles. The van der Waals surface area contributed by atoms with E-state index in [0.717, 1.165) is 11.6 Å². The van der Waals surface area contributed by atoms with E-state index < -0.39 is 30.0 Å². The minimum atomic E-state index is -4.88. The lowest BCUT2D eigenvalue weighted by atomic mass is 10.1. The molecule has 0 atom stereocenters. The van der Waals surface area contributed by atoms with E-state index in [1.807, 2.05) is 0 Å². The molecule has 0 amide bonds. The molecule has 8 heteroatoms. The Balaban J connectivity index is 3.01. The van der Waals surface area contributed by atoms with Crippen LogP contribution < -0.4 is 0 Å². The highest BCUT2D eigenvalue weighted by molar-refractivity contribution is 7.86. The third-order valence-electron chi connectivity index (χ3n) is 2.60. The van der Waals surface area contributed by atoms with Gasteiger partial charge in [0.05, 0.1) is 9.79 Å². The molecule has 0 aliphatic carbocycles. The average molecular weight is 300 g/mol. The van der Waals surface area contributed by atoms with Crippen molar-refractivity contribution in [2.24, 2.45) is 0 Å². The Labute approximate surface area is 110 Å². The summed E-state index contributed by atoms with van der Waals surface area (Å²) in [5.41, 5.74) is 0.738. The van der Waals surface area contributed by atoms with E-state index >= 15 is 0 Å². The molecule has 102 valence electrons. The Kier molecular flexibility index (Phi) is 3.13. The molecule has 0 heterocycles. The van der Waals surface area contributed by atoms with Gasteiger partial charge in [-0.1, -0.05) is 23.8 Å². The van der Waals surface area contributed by atoms with Crippen LogP contribution in [0.2, 0.25) is 0 Å². The molecule has 2 aromatic carbocycles. The lowest BCUT2D eigenvalue weighted by Gasteiger charge is -2.15. The van der Waals surface area contributed by atoms with Gasteiger partial charge in [-0.2, -0.15) is 0 Å². The monoisotopic (exact) mass is 300 g/mol. The van der Waals surface area contributed by atoms with Crippen LogP contribution in [0.5, 0.6) is 0 Å². The smallest absolute Gasteiger partial charge is 0.125 e. The van der Waals surface area contributed by atoms with E-state index in [0.29, 0.717) is 6.07 Å². The van der Waals surface area contributed by atoms with Gasteiger partial charge in [0.25, 0.3) is 0 Å². The Morgan fingerprint density at radius 1 is 0.895 bits per heavy atom. The van der Waals surface area contributed by atoms with Gasteiger partial charge in [0.15, 0.2) is 0 Å². The lowest BCUT2D eigenvalue weighted by Crippen LogP contribution is -2.04. The van der Waals surface area contributed by atoms with Crippen molar-refractivity contribution in [3.8, 4) is 0 Å². The third-order valence-corrected chi connectivity index (χ3v) is 4.29. The van der Waals surface area contributed by atoms with Crippen LogP contribution in [-0.2, 0) is 20.2 Å². The van der Waals surface area contributed by atoms with Crippen molar-refractivity contribution in [3.05, 3.63) is 35.9 Å². The lowest BCUT2D eigenvalue weighted by molar-refractivity contribution is 0.462. The van der Waals surface area contributed by atoms with Gasteiger partial charge < -0.3 is 9.11 Å². The summed E-state index contributed by atoms with van der Waals surface area (Å²) in [6.45, 7) is 1.71. The van der Waals surface area contributed by atoms with Crippen molar-refractivity contribution in [2.45, 2.75) is 16.7 Å². The molecule has 0 saturated heterocycles. The molecule has 0 aliphatic heterocycles. The third kappa shape index (κ3) is 2.76. The minimum absolute atomic E-state index is 0.0907. The first-order chi connectivity index (χ1) is 8.59. The first-order valence-electron chi connectivity index (χ1n) is 5.05. The Hall–Kier alpha value is -1.48. The second-order valence-electron chi connectivity index (χ2n) is 4.05. The number of aryl methyl sites for hydroxylation is 1. The molecule has 0 fully saturated rings. The van der Waals surface area contributed by atoms with Gasteiger partial charge in [-0.25, -0.2) is 16.8 Å². The van der Waals surface area contributed by atoms with Gasteiger partial charge in [0.1, 0.15) is 20.2 Å². The van der Waals surface area contributed by atoms with E-state index in [4.69, 9.17) is 0 Å². The first kappa shape index (κ1) is 13.9. The van der Waals surface area contributed by atoms with Gasteiger partial charge in [-0.15, -0.1) is 0 Å². The molecule has 0 saturated carbocycles. The molecular weight excluding hydrogens is 292 g/mol. The fourth-order valence-electron chi connectivity index (χ4n) is 1.78. The molecule has 2 rings (SSSR count). The molecular formula is C11H8O6S2-2. The topological polar surface area (TPSA) is 114 Å². The summed E-state index contributed by atoms with van der Waals surface area (Å²) < 4.78 is 66.4. The maximum absolute atomic E-state index is 11.2. The van der Waals surface area contributed by atoms with Crippen LogP contribution >= 0.6 is 0 Å². The molecule has 0 aliphatic rings. The molecule has 19 heavy (non-hydrogen) atoms. The highest BCUT2D eigenvalue weighted by atomic mass is 32.2. The summed E-state index contributed by atoms with van der Waals surface area (Å²) in [5, 5.41) is 0.305. The number of rotatable bonds is 2. The highest BCUT2D eigenvalue weighted by Crippen LogP contribution is 2.27. The fraction of sp³-hybridized carbons (Fsp3) is 0.0909. The highest BCUT2D eigenvalue weighted by Gasteiger charge is 2.12. The number of hydrogen-bond acceptors (Lipinski definition) is 6. The fourth-order valence-corrected chi connectivity index (χ4v) is 3.11. The van der Waals surface area contributed by atoms with E-state index in [1.54, 1.807) is 13.0 Å². The summed E-state index contributed by atoms with van der Waals surface area (Å²) >= 11 is 0. The van der Waals surface area contributed by atoms with E-state index in [2.05, 4.69) is 0 Å². The second kappa shape index (κ2) is 4.27. The van der Waals surface area contributed by atoms with Crippen molar-refractivity contribution >= 4 is 31.0 Å². The van der Waals surface area contributed by atoms with Crippen LogP contribution in [0.3, 0.4) is 0 Å². The molecule has 6 nitrogen and oxygen atoms in total. The zero-order valence-corrected chi connectivity index (χ0v) is 11.3.